The Labute approximate surface area is 203 Å². The molecule has 2 aromatic carbocycles. The number of rotatable bonds is 5. The second-order valence-corrected chi connectivity index (χ2v) is 7.68. The van der Waals surface area contributed by atoms with E-state index in [9.17, 15) is 4.39 Å². The lowest BCUT2D eigenvalue weighted by Gasteiger charge is -2.20. The van der Waals surface area contributed by atoms with Crippen LogP contribution >= 0.6 is 24.8 Å². The molecule has 5 rings (SSSR count). The summed E-state index contributed by atoms with van der Waals surface area (Å²) in [7, 11) is 3.44. The van der Waals surface area contributed by atoms with Crippen molar-refractivity contribution in [3.05, 3.63) is 66.7 Å². The monoisotopic (exact) mass is 490 g/mol. The highest BCUT2D eigenvalue weighted by atomic mass is 35.5. The number of benzene rings is 2. The van der Waals surface area contributed by atoms with Crippen LogP contribution in [0.25, 0.3) is 33.3 Å². The van der Waals surface area contributed by atoms with Crippen molar-refractivity contribution in [1.82, 2.24) is 15.2 Å². The maximum atomic E-state index is 13.4. The van der Waals surface area contributed by atoms with Gasteiger partial charge in [-0.05, 0) is 48.0 Å². The van der Waals surface area contributed by atoms with Crippen molar-refractivity contribution in [1.29, 1.82) is 0 Å². The standard InChI is InChI=1S/C24H23FN4O2.2ClH/c1-30-22-13-29(14-23(22)31-2)21-9-10-26-20-8-5-16(11-18(20)21)19-12-27-28-24(19)15-3-6-17(25)7-4-15;;/h3-12,22-23H,13-14H2,1-2H3,(H,27,28);2*1H/t22-,23-;;/m0../s1. The summed E-state index contributed by atoms with van der Waals surface area (Å²) in [6.45, 7) is 1.51. The van der Waals surface area contributed by atoms with Gasteiger partial charge in [0.15, 0.2) is 0 Å². The Balaban J connectivity index is 0.00000153. The molecular formula is C24H25Cl2FN4O2. The average molecular weight is 491 g/mol. The van der Waals surface area contributed by atoms with E-state index in [1.807, 2.05) is 24.4 Å². The van der Waals surface area contributed by atoms with E-state index < -0.39 is 0 Å². The van der Waals surface area contributed by atoms with E-state index in [0.29, 0.717) is 0 Å². The van der Waals surface area contributed by atoms with Gasteiger partial charge in [0.05, 0.1) is 17.4 Å². The highest BCUT2D eigenvalue weighted by molar-refractivity contribution is 5.96. The molecule has 2 atom stereocenters. The summed E-state index contributed by atoms with van der Waals surface area (Å²) in [5.74, 6) is -0.263. The summed E-state index contributed by atoms with van der Waals surface area (Å²) in [5, 5.41) is 8.35. The molecule has 174 valence electrons. The molecule has 1 aliphatic heterocycles. The van der Waals surface area contributed by atoms with Crippen LogP contribution in [-0.2, 0) is 9.47 Å². The highest BCUT2D eigenvalue weighted by Gasteiger charge is 2.33. The lowest BCUT2D eigenvalue weighted by atomic mass is 9.99. The molecule has 1 aliphatic rings. The number of aromatic nitrogens is 3. The van der Waals surface area contributed by atoms with Gasteiger partial charge in [-0.1, -0.05) is 6.07 Å². The molecule has 0 aliphatic carbocycles. The number of aromatic amines is 1. The Morgan fingerprint density at radius 2 is 1.61 bits per heavy atom. The number of nitrogens with one attached hydrogen (secondary N) is 1. The predicted molar refractivity (Wildman–Crippen MR) is 133 cm³/mol. The van der Waals surface area contributed by atoms with E-state index >= 15 is 0 Å². The van der Waals surface area contributed by atoms with E-state index in [1.165, 1.54) is 12.1 Å². The summed E-state index contributed by atoms with van der Waals surface area (Å²) < 4.78 is 24.6. The van der Waals surface area contributed by atoms with Crippen molar-refractivity contribution < 1.29 is 13.9 Å². The van der Waals surface area contributed by atoms with Crippen LogP contribution in [0.1, 0.15) is 0 Å². The lowest BCUT2D eigenvalue weighted by molar-refractivity contribution is -0.00461. The summed E-state index contributed by atoms with van der Waals surface area (Å²) in [6.07, 6.45) is 3.68. The third-order valence-electron chi connectivity index (χ3n) is 5.96. The smallest absolute Gasteiger partial charge is 0.123 e. The number of anilines is 1. The Morgan fingerprint density at radius 3 is 2.27 bits per heavy atom. The summed E-state index contributed by atoms with van der Waals surface area (Å²) in [6, 6.07) is 14.6. The van der Waals surface area contributed by atoms with Crippen LogP contribution in [0.2, 0.25) is 0 Å². The molecule has 0 saturated carbocycles. The zero-order valence-electron chi connectivity index (χ0n) is 18.2. The number of hydrogen-bond donors (Lipinski definition) is 1. The molecule has 1 fully saturated rings. The molecule has 0 bridgehead atoms. The second-order valence-electron chi connectivity index (χ2n) is 7.68. The topological polar surface area (TPSA) is 63.3 Å². The predicted octanol–water partition coefficient (Wildman–Crippen LogP) is 5.12. The second kappa shape index (κ2) is 10.5. The van der Waals surface area contributed by atoms with Crippen LogP contribution < -0.4 is 4.90 Å². The fourth-order valence-electron chi connectivity index (χ4n) is 4.31. The first kappa shape index (κ1) is 24.9. The third-order valence-corrected chi connectivity index (χ3v) is 5.96. The van der Waals surface area contributed by atoms with E-state index in [0.717, 1.165) is 52.1 Å². The number of halogens is 3. The Hall–Kier alpha value is -2.71. The minimum atomic E-state index is -0.263. The molecule has 33 heavy (non-hydrogen) atoms. The number of fused-ring (bicyclic) bond motifs is 1. The maximum Gasteiger partial charge on any atom is 0.123 e. The fourth-order valence-corrected chi connectivity index (χ4v) is 4.31. The third kappa shape index (κ3) is 4.68. The van der Waals surface area contributed by atoms with Gasteiger partial charge in [-0.2, -0.15) is 5.10 Å². The molecule has 2 aromatic heterocycles. The van der Waals surface area contributed by atoms with Gasteiger partial charge in [0.2, 0.25) is 0 Å². The molecule has 3 heterocycles. The number of hydrogen-bond acceptors (Lipinski definition) is 5. The van der Waals surface area contributed by atoms with Crippen LogP contribution in [0.15, 0.2) is 60.9 Å². The summed E-state index contributed by atoms with van der Waals surface area (Å²) >= 11 is 0. The van der Waals surface area contributed by atoms with Crippen LogP contribution in [-0.4, -0.2) is 54.7 Å². The van der Waals surface area contributed by atoms with Gasteiger partial charge in [0.25, 0.3) is 0 Å². The zero-order valence-corrected chi connectivity index (χ0v) is 19.8. The first-order valence-corrected chi connectivity index (χ1v) is 10.2. The Morgan fingerprint density at radius 1 is 0.939 bits per heavy atom. The zero-order chi connectivity index (χ0) is 21.4. The largest absolute Gasteiger partial charge is 0.377 e. The highest BCUT2D eigenvalue weighted by Crippen LogP contribution is 2.35. The number of methoxy groups -OCH3 is 2. The van der Waals surface area contributed by atoms with Gasteiger partial charge >= 0.3 is 0 Å². The summed E-state index contributed by atoms with van der Waals surface area (Å²) in [5.41, 5.74) is 5.72. The Kier molecular flexibility index (Phi) is 7.92. The quantitative estimate of drug-likeness (QED) is 0.420. The van der Waals surface area contributed by atoms with Crippen molar-refractivity contribution in [3.63, 3.8) is 0 Å². The number of H-pyrrole nitrogens is 1. The molecule has 0 unspecified atom stereocenters. The number of ether oxygens (including phenoxy) is 2. The van der Waals surface area contributed by atoms with Crippen molar-refractivity contribution in [2.45, 2.75) is 12.2 Å². The molecule has 0 radical (unpaired) electrons. The minimum absolute atomic E-state index is 0. The number of pyridine rings is 1. The van der Waals surface area contributed by atoms with Crippen molar-refractivity contribution in [2.24, 2.45) is 0 Å². The van der Waals surface area contributed by atoms with Gasteiger partial charge < -0.3 is 14.4 Å². The average Bonchev–Trinajstić information content (AvgIpc) is 3.46. The van der Waals surface area contributed by atoms with E-state index in [4.69, 9.17) is 9.47 Å². The van der Waals surface area contributed by atoms with Crippen LogP contribution in [0.3, 0.4) is 0 Å². The van der Waals surface area contributed by atoms with Crippen molar-refractivity contribution >= 4 is 41.4 Å². The molecular weight excluding hydrogens is 466 g/mol. The molecule has 9 heteroatoms. The molecule has 1 saturated heterocycles. The summed E-state index contributed by atoms with van der Waals surface area (Å²) in [4.78, 5) is 6.83. The van der Waals surface area contributed by atoms with Crippen LogP contribution in [0, 0.1) is 5.82 Å². The van der Waals surface area contributed by atoms with Gasteiger partial charge in [-0.3, -0.25) is 10.1 Å². The molecule has 6 nitrogen and oxygen atoms in total. The lowest BCUT2D eigenvalue weighted by Crippen LogP contribution is -2.27. The Bertz CT molecular complexity index is 1210. The van der Waals surface area contributed by atoms with Gasteiger partial charge in [-0.15, -0.1) is 24.8 Å². The fraction of sp³-hybridized carbons (Fsp3) is 0.250. The SMILES string of the molecule is CO[C@H]1CN(c2ccnc3ccc(-c4cn[nH]c4-c4ccc(F)cc4)cc23)C[C@@H]1OC.Cl.Cl. The van der Waals surface area contributed by atoms with Gasteiger partial charge in [0.1, 0.15) is 18.0 Å². The molecule has 0 spiro atoms. The van der Waals surface area contributed by atoms with Crippen LogP contribution in [0.5, 0.6) is 0 Å². The van der Waals surface area contributed by atoms with Crippen molar-refractivity contribution in [3.8, 4) is 22.4 Å². The molecule has 4 aromatic rings. The van der Waals surface area contributed by atoms with E-state index in [2.05, 4.69) is 26.1 Å². The minimum Gasteiger partial charge on any atom is -0.377 e. The van der Waals surface area contributed by atoms with E-state index in [1.54, 1.807) is 32.5 Å². The normalized spacial score (nSPS) is 17.6. The molecule has 1 N–H and O–H groups in total. The van der Waals surface area contributed by atoms with Gasteiger partial charge in [-0.25, -0.2) is 4.39 Å². The molecule has 0 amide bonds. The first-order chi connectivity index (χ1) is 15.2. The van der Waals surface area contributed by atoms with Crippen molar-refractivity contribution in [2.75, 3.05) is 32.2 Å². The van der Waals surface area contributed by atoms with Gasteiger partial charge in [0, 0.05) is 55.7 Å². The van der Waals surface area contributed by atoms with Crippen LogP contribution in [0.4, 0.5) is 10.1 Å². The first-order valence-electron chi connectivity index (χ1n) is 10.2. The van der Waals surface area contributed by atoms with E-state index in [-0.39, 0.29) is 42.8 Å². The maximum absolute atomic E-state index is 13.4. The number of nitrogens with zero attached hydrogens (tertiary/aromatic N) is 3.